The van der Waals surface area contributed by atoms with Gasteiger partial charge in [-0.25, -0.2) is 0 Å². The summed E-state index contributed by atoms with van der Waals surface area (Å²) in [6, 6.07) is 5.21. The molecule has 0 aliphatic heterocycles. The van der Waals surface area contributed by atoms with Crippen molar-refractivity contribution in [3.8, 4) is 0 Å². The lowest BCUT2D eigenvalue weighted by molar-refractivity contribution is -0.385. The Bertz CT molecular complexity index is 431. The Hall–Kier alpha value is -1.71. The lowest BCUT2D eigenvalue weighted by atomic mass is 9.78. The fourth-order valence-corrected chi connectivity index (χ4v) is 1.80. The summed E-state index contributed by atoms with van der Waals surface area (Å²) in [5, 5.41) is 10.7. The number of nitrogens with zero attached hydrogens (tertiary/aromatic N) is 1. The van der Waals surface area contributed by atoms with Crippen LogP contribution in [0.5, 0.6) is 0 Å². The molecule has 1 aliphatic rings. The summed E-state index contributed by atoms with van der Waals surface area (Å²) in [7, 11) is 0. The number of Topliss-reactive ketones (excluding diaryl/α,β-unsaturated/α-hetero) is 1. The zero-order valence-corrected chi connectivity index (χ0v) is 8.40. The maximum atomic E-state index is 10.8. The summed E-state index contributed by atoms with van der Waals surface area (Å²) >= 11 is 0. The topological polar surface area (TPSA) is 60.2 Å². The number of carbonyl (C=O) groups is 1. The number of nitro benzene ring substituents is 1. The molecule has 4 heteroatoms. The molecule has 0 amide bonds. The summed E-state index contributed by atoms with van der Waals surface area (Å²) in [5.41, 5.74) is 1.72. The monoisotopic (exact) mass is 205 g/mol. The van der Waals surface area contributed by atoms with Crippen molar-refractivity contribution in [1.82, 2.24) is 0 Å². The maximum Gasteiger partial charge on any atom is 0.272 e. The summed E-state index contributed by atoms with van der Waals surface area (Å²) in [4.78, 5) is 21.2. The van der Waals surface area contributed by atoms with Gasteiger partial charge in [-0.05, 0) is 18.4 Å². The molecule has 1 aromatic carbocycles. The van der Waals surface area contributed by atoms with Crippen LogP contribution in [0, 0.1) is 17.0 Å². The molecule has 0 radical (unpaired) electrons. The molecule has 2 rings (SSSR count). The highest BCUT2D eigenvalue weighted by molar-refractivity contribution is 5.86. The summed E-state index contributed by atoms with van der Waals surface area (Å²) in [6.07, 6.45) is 1.06. The van der Waals surface area contributed by atoms with Gasteiger partial charge in [0.1, 0.15) is 5.78 Å². The van der Waals surface area contributed by atoms with Crippen LogP contribution in [0.1, 0.15) is 29.9 Å². The Balaban J connectivity index is 2.30. The molecule has 0 N–H and O–H groups in total. The molecule has 1 aliphatic carbocycles. The van der Waals surface area contributed by atoms with E-state index in [9.17, 15) is 14.9 Å². The lowest BCUT2D eigenvalue weighted by Gasteiger charge is -2.24. The summed E-state index contributed by atoms with van der Waals surface area (Å²) in [6.45, 7) is 1.72. The Morgan fingerprint density at radius 1 is 1.40 bits per heavy atom. The molecule has 0 heterocycles. The number of aryl methyl sites for hydroxylation is 1. The van der Waals surface area contributed by atoms with Crippen molar-refractivity contribution in [3.63, 3.8) is 0 Å². The number of benzene rings is 1. The highest BCUT2D eigenvalue weighted by Crippen LogP contribution is 2.35. The minimum absolute atomic E-state index is 0.145. The number of carbonyl (C=O) groups excluding carboxylic acids is 1. The molecule has 0 bridgehead atoms. The zero-order chi connectivity index (χ0) is 11.0. The Morgan fingerprint density at radius 2 is 2.07 bits per heavy atom. The molecule has 15 heavy (non-hydrogen) atoms. The van der Waals surface area contributed by atoms with E-state index in [1.165, 1.54) is 0 Å². The molecular formula is C11H11NO3. The van der Waals surface area contributed by atoms with Crippen LogP contribution in [-0.2, 0) is 4.79 Å². The standard InChI is InChI=1S/C11H11NO3/c1-7-2-3-8(6-11(7)12(14)15)9-4-10(13)5-9/h2-3,6,9H,4-5H2,1H3. The Labute approximate surface area is 87.1 Å². The molecule has 1 fully saturated rings. The van der Waals surface area contributed by atoms with E-state index < -0.39 is 0 Å². The van der Waals surface area contributed by atoms with E-state index in [0.717, 1.165) is 5.56 Å². The van der Waals surface area contributed by atoms with Gasteiger partial charge in [-0.15, -0.1) is 0 Å². The first kappa shape index (κ1) is 9.83. The van der Waals surface area contributed by atoms with E-state index in [1.54, 1.807) is 19.1 Å². The largest absolute Gasteiger partial charge is 0.300 e. The van der Waals surface area contributed by atoms with E-state index in [1.807, 2.05) is 6.07 Å². The molecule has 1 aromatic rings. The smallest absolute Gasteiger partial charge is 0.272 e. The lowest BCUT2D eigenvalue weighted by Crippen LogP contribution is -2.21. The molecule has 0 unspecified atom stereocenters. The number of nitro groups is 1. The second-order valence-electron chi connectivity index (χ2n) is 3.95. The third-order valence-corrected chi connectivity index (χ3v) is 2.85. The number of hydrogen-bond acceptors (Lipinski definition) is 3. The SMILES string of the molecule is Cc1ccc(C2CC(=O)C2)cc1[N+](=O)[O-]. The predicted octanol–water partition coefficient (Wildman–Crippen LogP) is 2.35. The number of rotatable bonds is 2. The second kappa shape index (κ2) is 3.46. The van der Waals surface area contributed by atoms with Gasteiger partial charge in [0, 0.05) is 24.5 Å². The molecule has 0 aromatic heterocycles. The summed E-state index contributed by atoms with van der Waals surface area (Å²) < 4.78 is 0. The fourth-order valence-electron chi connectivity index (χ4n) is 1.80. The third kappa shape index (κ3) is 1.75. The van der Waals surface area contributed by atoms with E-state index in [-0.39, 0.29) is 22.3 Å². The molecule has 0 spiro atoms. The maximum absolute atomic E-state index is 10.8. The fraction of sp³-hybridized carbons (Fsp3) is 0.364. The average molecular weight is 205 g/mol. The van der Waals surface area contributed by atoms with Crippen LogP contribution in [0.2, 0.25) is 0 Å². The van der Waals surface area contributed by atoms with Crippen LogP contribution in [0.15, 0.2) is 18.2 Å². The second-order valence-corrected chi connectivity index (χ2v) is 3.95. The average Bonchev–Trinajstić information content (AvgIpc) is 2.14. The minimum Gasteiger partial charge on any atom is -0.300 e. The molecule has 0 saturated heterocycles. The van der Waals surface area contributed by atoms with Crippen LogP contribution in [-0.4, -0.2) is 10.7 Å². The van der Waals surface area contributed by atoms with E-state index in [2.05, 4.69) is 0 Å². The van der Waals surface area contributed by atoms with Gasteiger partial charge in [0.2, 0.25) is 0 Å². The van der Waals surface area contributed by atoms with Crippen LogP contribution >= 0.6 is 0 Å². The van der Waals surface area contributed by atoms with Crippen LogP contribution < -0.4 is 0 Å². The van der Waals surface area contributed by atoms with Gasteiger partial charge in [0.15, 0.2) is 0 Å². The van der Waals surface area contributed by atoms with Crippen molar-refractivity contribution in [2.45, 2.75) is 25.7 Å². The first-order chi connectivity index (χ1) is 7.08. The Kier molecular flexibility index (Phi) is 2.26. The number of hydrogen-bond donors (Lipinski definition) is 0. The predicted molar refractivity (Wildman–Crippen MR) is 54.8 cm³/mol. The van der Waals surface area contributed by atoms with Gasteiger partial charge < -0.3 is 0 Å². The van der Waals surface area contributed by atoms with Gasteiger partial charge in [-0.2, -0.15) is 0 Å². The zero-order valence-electron chi connectivity index (χ0n) is 8.40. The van der Waals surface area contributed by atoms with Crippen molar-refractivity contribution >= 4 is 11.5 Å². The summed E-state index contributed by atoms with van der Waals surface area (Å²) in [5.74, 6) is 0.431. The van der Waals surface area contributed by atoms with Crippen molar-refractivity contribution in [2.75, 3.05) is 0 Å². The quantitative estimate of drug-likeness (QED) is 0.550. The highest BCUT2D eigenvalue weighted by Gasteiger charge is 2.29. The van der Waals surface area contributed by atoms with Crippen molar-refractivity contribution in [2.24, 2.45) is 0 Å². The molecule has 1 saturated carbocycles. The Morgan fingerprint density at radius 3 is 2.60 bits per heavy atom. The molecule has 0 atom stereocenters. The van der Waals surface area contributed by atoms with Gasteiger partial charge >= 0.3 is 0 Å². The first-order valence-electron chi connectivity index (χ1n) is 4.84. The van der Waals surface area contributed by atoms with Gasteiger partial charge in [-0.1, -0.05) is 12.1 Å². The van der Waals surface area contributed by atoms with Crippen LogP contribution in [0.4, 0.5) is 5.69 Å². The van der Waals surface area contributed by atoms with Crippen molar-refractivity contribution in [1.29, 1.82) is 0 Å². The van der Waals surface area contributed by atoms with Gasteiger partial charge in [0.25, 0.3) is 5.69 Å². The van der Waals surface area contributed by atoms with E-state index in [4.69, 9.17) is 0 Å². The van der Waals surface area contributed by atoms with Crippen LogP contribution in [0.25, 0.3) is 0 Å². The van der Waals surface area contributed by atoms with Gasteiger partial charge in [-0.3, -0.25) is 14.9 Å². The minimum atomic E-state index is -0.376. The first-order valence-corrected chi connectivity index (χ1v) is 4.84. The van der Waals surface area contributed by atoms with E-state index >= 15 is 0 Å². The van der Waals surface area contributed by atoms with E-state index in [0.29, 0.717) is 18.4 Å². The van der Waals surface area contributed by atoms with Crippen LogP contribution in [0.3, 0.4) is 0 Å². The van der Waals surface area contributed by atoms with Crippen molar-refractivity contribution < 1.29 is 9.72 Å². The molecular weight excluding hydrogens is 194 g/mol. The highest BCUT2D eigenvalue weighted by atomic mass is 16.6. The molecule has 78 valence electrons. The normalized spacial score (nSPS) is 16.2. The molecule has 4 nitrogen and oxygen atoms in total. The third-order valence-electron chi connectivity index (χ3n) is 2.85. The van der Waals surface area contributed by atoms with Gasteiger partial charge in [0.05, 0.1) is 4.92 Å². The van der Waals surface area contributed by atoms with Crippen molar-refractivity contribution in [3.05, 3.63) is 39.4 Å². The number of ketones is 1.